The maximum Gasteiger partial charge on any atom is 0.254 e. The average molecular weight is 324 g/mol. The Kier molecular flexibility index (Phi) is 5.41. The molecule has 2 N–H and O–H groups in total. The van der Waals surface area contributed by atoms with E-state index in [1.807, 2.05) is 37.3 Å². The van der Waals surface area contributed by atoms with Gasteiger partial charge in [-0.15, -0.1) is 0 Å². The van der Waals surface area contributed by atoms with Gasteiger partial charge in [0.1, 0.15) is 0 Å². The number of carbonyl (C=O) groups is 1. The van der Waals surface area contributed by atoms with Crippen LogP contribution in [-0.2, 0) is 0 Å². The van der Waals surface area contributed by atoms with E-state index in [1.165, 1.54) is 32.1 Å². The van der Waals surface area contributed by atoms with Crippen LogP contribution in [0.2, 0.25) is 0 Å². The zero-order chi connectivity index (χ0) is 16.8. The first-order valence-electron chi connectivity index (χ1n) is 8.67. The van der Waals surface area contributed by atoms with Gasteiger partial charge in [0, 0.05) is 18.4 Å². The van der Waals surface area contributed by atoms with Crippen LogP contribution in [0, 0.1) is 0 Å². The van der Waals surface area contributed by atoms with E-state index in [9.17, 15) is 4.79 Å². The zero-order valence-electron chi connectivity index (χ0n) is 14.0. The Morgan fingerprint density at radius 2 is 1.75 bits per heavy atom. The smallest absolute Gasteiger partial charge is 0.254 e. The fourth-order valence-electron chi connectivity index (χ4n) is 3.05. The third-order valence-electron chi connectivity index (χ3n) is 4.50. The minimum Gasteiger partial charge on any atom is -0.351 e. The minimum atomic E-state index is -0.157. The molecule has 1 atom stereocenters. The molecule has 1 aliphatic rings. The van der Waals surface area contributed by atoms with Crippen molar-refractivity contribution in [1.29, 1.82) is 0 Å². The number of carbonyl (C=O) groups excluding carboxylic acids is 1. The highest BCUT2D eigenvalue weighted by Crippen LogP contribution is 2.20. The molecule has 1 aromatic carbocycles. The summed E-state index contributed by atoms with van der Waals surface area (Å²) in [5, 5.41) is 6.33. The number of benzene rings is 1. The largest absolute Gasteiger partial charge is 0.351 e. The van der Waals surface area contributed by atoms with Crippen LogP contribution >= 0.6 is 0 Å². The van der Waals surface area contributed by atoms with Gasteiger partial charge in [-0.3, -0.25) is 4.79 Å². The Hall–Kier alpha value is -2.43. The van der Waals surface area contributed by atoms with Gasteiger partial charge in [0.15, 0.2) is 0 Å². The summed E-state index contributed by atoms with van der Waals surface area (Å²) in [4.78, 5) is 20.9. The molecule has 2 aromatic rings. The Labute approximate surface area is 142 Å². The fourth-order valence-corrected chi connectivity index (χ4v) is 3.05. The highest BCUT2D eigenvalue weighted by Gasteiger charge is 2.15. The number of amides is 1. The number of hydrogen-bond acceptors (Lipinski definition) is 4. The quantitative estimate of drug-likeness (QED) is 0.880. The van der Waals surface area contributed by atoms with Crippen molar-refractivity contribution in [3.8, 4) is 0 Å². The molecule has 1 aliphatic carbocycles. The monoisotopic (exact) mass is 324 g/mol. The van der Waals surface area contributed by atoms with Crippen LogP contribution in [0.25, 0.3) is 0 Å². The molecule has 0 aliphatic heterocycles. The van der Waals surface area contributed by atoms with E-state index in [2.05, 4.69) is 20.6 Å². The van der Waals surface area contributed by atoms with Crippen molar-refractivity contribution in [3.63, 3.8) is 0 Å². The maximum absolute atomic E-state index is 12.3. The first-order chi connectivity index (χ1) is 11.7. The fraction of sp³-hybridized carbons (Fsp3) is 0.421. The molecule has 1 aromatic heterocycles. The molecule has 5 heteroatoms. The topological polar surface area (TPSA) is 66.9 Å². The van der Waals surface area contributed by atoms with Crippen molar-refractivity contribution >= 4 is 11.9 Å². The van der Waals surface area contributed by atoms with Gasteiger partial charge in [0.05, 0.1) is 11.6 Å². The van der Waals surface area contributed by atoms with Gasteiger partial charge in [0.25, 0.3) is 5.91 Å². The predicted octanol–water partition coefficient (Wildman–Crippen LogP) is 3.71. The molecular weight excluding hydrogens is 300 g/mol. The van der Waals surface area contributed by atoms with Crippen LogP contribution in [0.3, 0.4) is 0 Å². The van der Waals surface area contributed by atoms with E-state index < -0.39 is 0 Å². The molecule has 1 saturated carbocycles. The summed E-state index contributed by atoms with van der Waals surface area (Å²) < 4.78 is 0. The van der Waals surface area contributed by atoms with Crippen molar-refractivity contribution in [3.05, 3.63) is 53.9 Å². The highest BCUT2D eigenvalue weighted by molar-refractivity contribution is 5.93. The van der Waals surface area contributed by atoms with Crippen molar-refractivity contribution in [2.75, 3.05) is 5.32 Å². The number of nitrogens with zero attached hydrogens (tertiary/aromatic N) is 2. The van der Waals surface area contributed by atoms with Gasteiger partial charge in [-0.05, 0) is 25.3 Å². The van der Waals surface area contributed by atoms with Gasteiger partial charge in [-0.2, -0.15) is 0 Å². The molecule has 5 nitrogen and oxygen atoms in total. The summed E-state index contributed by atoms with van der Waals surface area (Å²) in [5.41, 5.74) is 1.55. The van der Waals surface area contributed by atoms with E-state index in [-0.39, 0.29) is 11.9 Å². The van der Waals surface area contributed by atoms with E-state index in [1.54, 1.807) is 12.4 Å². The number of aromatic nitrogens is 2. The Morgan fingerprint density at radius 3 is 2.42 bits per heavy atom. The number of hydrogen-bond donors (Lipinski definition) is 2. The van der Waals surface area contributed by atoms with E-state index in [0.29, 0.717) is 17.6 Å². The van der Waals surface area contributed by atoms with Crippen LogP contribution in [0.5, 0.6) is 0 Å². The molecule has 24 heavy (non-hydrogen) atoms. The first kappa shape index (κ1) is 16.4. The number of rotatable bonds is 5. The third kappa shape index (κ3) is 4.31. The molecular formula is C19H24N4O. The molecule has 1 fully saturated rings. The van der Waals surface area contributed by atoms with E-state index >= 15 is 0 Å². The average Bonchev–Trinajstić information content (AvgIpc) is 2.64. The normalized spacial score (nSPS) is 16.4. The van der Waals surface area contributed by atoms with Gasteiger partial charge in [-0.1, -0.05) is 49.6 Å². The number of anilines is 1. The lowest BCUT2D eigenvalue weighted by molar-refractivity contribution is 0.0939. The SMILES string of the molecule is CC(NC(=O)c1cnc(NC2CCCCC2)nc1)c1ccccc1. The molecule has 1 heterocycles. The van der Waals surface area contributed by atoms with Gasteiger partial charge >= 0.3 is 0 Å². The second-order valence-electron chi connectivity index (χ2n) is 6.38. The first-order valence-corrected chi connectivity index (χ1v) is 8.67. The zero-order valence-corrected chi connectivity index (χ0v) is 14.0. The summed E-state index contributed by atoms with van der Waals surface area (Å²) in [5.74, 6) is 0.449. The summed E-state index contributed by atoms with van der Waals surface area (Å²) in [6, 6.07) is 10.3. The van der Waals surface area contributed by atoms with Crippen molar-refractivity contribution < 1.29 is 4.79 Å². The summed E-state index contributed by atoms with van der Waals surface area (Å²) in [6.45, 7) is 1.97. The predicted molar refractivity (Wildman–Crippen MR) is 94.9 cm³/mol. The molecule has 3 rings (SSSR count). The Balaban J connectivity index is 1.57. The lowest BCUT2D eigenvalue weighted by Gasteiger charge is -2.22. The molecule has 0 saturated heterocycles. The molecule has 0 radical (unpaired) electrons. The molecule has 126 valence electrons. The lowest BCUT2D eigenvalue weighted by Crippen LogP contribution is -2.27. The lowest BCUT2D eigenvalue weighted by atomic mass is 9.96. The van der Waals surface area contributed by atoms with E-state index in [0.717, 1.165) is 5.56 Å². The van der Waals surface area contributed by atoms with Gasteiger partial charge in [0.2, 0.25) is 5.95 Å². The summed E-state index contributed by atoms with van der Waals surface area (Å²) in [7, 11) is 0. The second kappa shape index (κ2) is 7.90. The summed E-state index contributed by atoms with van der Waals surface area (Å²) in [6.07, 6.45) is 9.35. The third-order valence-corrected chi connectivity index (χ3v) is 4.50. The standard InChI is InChI=1S/C19H24N4O/c1-14(15-8-4-2-5-9-15)22-18(24)16-12-20-19(21-13-16)23-17-10-6-3-7-11-17/h2,4-5,8-9,12-14,17H,3,6-7,10-11H2,1H3,(H,22,24)(H,20,21,23). The highest BCUT2D eigenvalue weighted by atomic mass is 16.1. The molecule has 0 spiro atoms. The van der Waals surface area contributed by atoms with Crippen molar-refractivity contribution in [1.82, 2.24) is 15.3 Å². The Morgan fingerprint density at radius 1 is 1.08 bits per heavy atom. The van der Waals surface area contributed by atoms with Crippen LogP contribution < -0.4 is 10.6 Å². The molecule has 0 bridgehead atoms. The molecule has 1 unspecified atom stereocenters. The van der Waals surface area contributed by atoms with Crippen LogP contribution in [0.4, 0.5) is 5.95 Å². The van der Waals surface area contributed by atoms with E-state index in [4.69, 9.17) is 0 Å². The van der Waals surface area contributed by atoms with Crippen LogP contribution in [0.15, 0.2) is 42.7 Å². The van der Waals surface area contributed by atoms with Gasteiger partial charge < -0.3 is 10.6 Å². The van der Waals surface area contributed by atoms with Crippen molar-refractivity contribution in [2.45, 2.75) is 51.1 Å². The minimum absolute atomic E-state index is 0.0567. The van der Waals surface area contributed by atoms with Gasteiger partial charge in [-0.25, -0.2) is 9.97 Å². The Bertz CT molecular complexity index is 651. The number of nitrogens with one attached hydrogen (secondary N) is 2. The second-order valence-corrected chi connectivity index (χ2v) is 6.38. The van der Waals surface area contributed by atoms with Crippen molar-refractivity contribution in [2.24, 2.45) is 0 Å². The maximum atomic E-state index is 12.3. The molecule has 1 amide bonds. The summed E-state index contributed by atoms with van der Waals surface area (Å²) >= 11 is 0. The van der Waals surface area contributed by atoms with Crippen LogP contribution in [-0.4, -0.2) is 21.9 Å². The van der Waals surface area contributed by atoms with Crippen LogP contribution in [0.1, 0.15) is 61.0 Å².